The van der Waals surface area contributed by atoms with E-state index in [1.54, 1.807) is 24.2 Å². The average molecular weight is 314 g/mol. The number of rotatable bonds is 4. The Morgan fingerprint density at radius 3 is 3.06 bits per heavy atom. The van der Waals surface area contributed by atoms with Crippen LogP contribution in [0.1, 0.15) is 18.7 Å². The van der Waals surface area contributed by atoms with Crippen LogP contribution < -0.4 is 0 Å². The van der Waals surface area contributed by atoms with Gasteiger partial charge in [-0.1, -0.05) is 12.1 Å². The van der Waals surface area contributed by atoms with Crippen LogP contribution in [0.3, 0.4) is 0 Å². The van der Waals surface area contributed by atoms with Crippen molar-refractivity contribution in [3.8, 4) is 11.4 Å². The van der Waals surface area contributed by atoms with Crippen molar-refractivity contribution in [2.45, 2.75) is 12.8 Å². The van der Waals surface area contributed by atoms with Crippen molar-refractivity contribution in [3.63, 3.8) is 0 Å². The van der Waals surface area contributed by atoms with Crippen molar-refractivity contribution in [3.05, 3.63) is 28.8 Å². The van der Waals surface area contributed by atoms with E-state index in [0.29, 0.717) is 11.7 Å². The van der Waals surface area contributed by atoms with E-state index in [-0.39, 0.29) is 5.92 Å². The first-order valence-corrected chi connectivity index (χ1v) is 7.33. The fourth-order valence-electron chi connectivity index (χ4n) is 1.42. The van der Waals surface area contributed by atoms with E-state index >= 15 is 0 Å². The van der Waals surface area contributed by atoms with Gasteiger partial charge in [-0.25, -0.2) is 0 Å². The molecule has 4 nitrogen and oxygen atoms in total. The lowest BCUT2D eigenvalue weighted by atomic mass is 10.2. The van der Waals surface area contributed by atoms with E-state index in [2.05, 4.69) is 44.2 Å². The Hall–Kier alpha value is -0.880. The zero-order valence-corrected chi connectivity index (χ0v) is 12.0. The molecule has 0 N–H and O–H groups in total. The summed E-state index contributed by atoms with van der Waals surface area (Å²) in [5.74, 6) is 2.52. The van der Waals surface area contributed by atoms with Gasteiger partial charge in [0, 0.05) is 34.1 Å². The van der Waals surface area contributed by atoms with Gasteiger partial charge in [0.05, 0.1) is 0 Å². The summed E-state index contributed by atoms with van der Waals surface area (Å²) in [6, 6.07) is 1.86. The van der Waals surface area contributed by atoms with Gasteiger partial charge in [0.25, 0.3) is 0 Å². The summed E-state index contributed by atoms with van der Waals surface area (Å²) in [6.07, 6.45) is 5.49. The molecule has 1 unspecified atom stereocenters. The van der Waals surface area contributed by atoms with Crippen molar-refractivity contribution >= 4 is 27.7 Å². The molecule has 0 spiro atoms. The molecule has 0 saturated carbocycles. The van der Waals surface area contributed by atoms with E-state index in [9.17, 15) is 0 Å². The van der Waals surface area contributed by atoms with Crippen LogP contribution in [-0.2, 0) is 0 Å². The van der Waals surface area contributed by atoms with Gasteiger partial charge in [-0.2, -0.15) is 16.7 Å². The number of aromatic nitrogens is 3. The van der Waals surface area contributed by atoms with Crippen LogP contribution in [0.4, 0.5) is 0 Å². The number of hydrogen-bond donors (Lipinski definition) is 0. The summed E-state index contributed by atoms with van der Waals surface area (Å²) in [7, 11) is 0. The SMILES string of the molecule is CSCC(C)c1nc(-c2ccncc2Br)no1. The monoisotopic (exact) mass is 313 g/mol. The smallest absolute Gasteiger partial charge is 0.230 e. The zero-order valence-electron chi connectivity index (χ0n) is 9.55. The maximum atomic E-state index is 5.27. The molecule has 0 bridgehead atoms. The van der Waals surface area contributed by atoms with Gasteiger partial charge >= 0.3 is 0 Å². The molecular formula is C11H12BrN3OS. The van der Waals surface area contributed by atoms with Crippen molar-refractivity contribution in [2.75, 3.05) is 12.0 Å². The summed E-state index contributed by atoms with van der Waals surface area (Å²) in [4.78, 5) is 8.42. The Morgan fingerprint density at radius 2 is 2.35 bits per heavy atom. The van der Waals surface area contributed by atoms with Crippen LogP contribution in [0.2, 0.25) is 0 Å². The Kier molecular flexibility index (Phi) is 4.17. The minimum absolute atomic E-state index is 0.270. The molecule has 0 amide bonds. The first-order valence-electron chi connectivity index (χ1n) is 5.14. The molecule has 0 radical (unpaired) electrons. The summed E-state index contributed by atoms with van der Waals surface area (Å²) < 4.78 is 6.14. The quantitative estimate of drug-likeness (QED) is 0.866. The Balaban J connectivity index is 2.27. The third-order valence-corrected chi connectivity index (χ3v) is 3.76. The lowest BCUT2D eigenvalue weighted by Gasteiger charge is -2.01. The standard InChI is InChI=1S/C11H12BrN3OS/c1-7(6-17-2)11-14-10(15-16-11)8-3-4-13-5-9(8)12/h3-5,7H,6H2,1-2H3. The molecule has 0 fully saturated rings. The summed E-state index contributed by atoms with van der Waals surface area (Å²) >= 11 is 5.19. The minimum Gasteiger partial charge on any atom is -0.339 e. The van der Waals surface area contributed by atoms with Crippen molar-refractivity contribution < 1.29 is 4.52 Å². The third-order valence-electron chi connectivity index (χ3n) is 2.29. The predicted octanol–water partition coefficient (Wildman–Crippen LogP) is 3.36. The molecule has 0 aliphatic carbocycles. The molecule has 2 rings (SSSR count). The fourth-order valence-corrected chi connectivity index (χ4v) is 2.49. The number of thioether (sulfide) groups is 1. The van der Waals surface area contributed by atoms with E-state index in [4.69, 9.17) is 4.52 Å². The summed E-state index contributed by atoms with van der Waals surface area (Å²) in [5.41, 5.74) is 0.895. The van der Waals surface area contributed by atoms with Crippen molar-refractivity contribution in [2.24, 2.45) is 0 Å². The van der Waals surface area contributed by atoms with Crippen LogP contribution in [-0.4, -0.2) is 27.1 Å². The molecule has 0 aliphatic heterocycles. The summed E-state index contributed by atoms with van der Waals surface area (Å²) in [6.45, 7) is 2.08. The molecule has 6 heteroatoms. The van der Waals surface area contributed by atoms with Gasteiger partial charge in [-0.15, -0.1) is 0 Å². The molecular weight excluding hydrogens is 302 g/mol. The highest BCUT2D eigenvalue weighted by molar-refractivity contribution is 9.10. The minimum atomic E-state index is 0.270. The maximum absolute atomic E-state index is 5.27. The van der Waals surface area contributed by atoms with Crippen molar-refractivity contribution in [1.82, 2.24) is 15.1 Å². The molecule has 2 aromatic rings. The molecule has 1 atom stereocenters. The molecule has 0 saturated heterocycles. The van der Waals surface area contributed by atoms with Crippen LogP contribution in [0.25, 0.3) is 11.4 Å². The molecule has 0 aliphatic rings. The highest BCUT2D eigenvalue weighted by Crippen LogP contribution is 2.26. The highest BCUT2D eigenvalue weighted by atomic mass is 79.9. The third kappa shape index (κ3) is 2.87. The van der Waals surface area contributed by atoms with Crippen LogP contribution in [0.5, 0.6) is 0 Å². The van der Waals surface area contributed by atoms with Gasteiger partial charge < -0.3 is 4.52 Å². The first-order chi connectivity index (χ1) is 8.22. The number of halogens is 1. The topological polar surface area (TPSA) is 51.8 Å². The maximum Gasteiger partial charge on any atom is 0.230 e. The van der Waals surface area contributed by atoms with Crippen LogP contribution in [0.15, 0.2) is 27.5 Å². The van der Waals surface area contributed by atoms with Crippen molar-refractivity contribution in [1.29, 1.82) is 0 Å². The number of pyridine rings is 1. The van der Waals surface area contributed by atoms with Gasteiger partial charge in [0.15, 0.2) is 0 Å². The van der Waals surface area contributed by atoms with E-state index in [1.807, 2.05) is 6.07 Å². The van der Waals surface area contributed by atoms with Crippen LogP contribution >= 0.6 is 27.7 Å². The lowest BCUT2D eigenvalue weighted by molar-refractivity contribution is 0.367. The van der Waals surface area contributed by atoms with E-state index in [1.165, 1.54) is 0 Å². The van der Waals surface area contributed by atoms with E-state index < -0.39 is 0 Å². The van der Waals surface area contributed by atoms with Gasteiger partial charge in [0.1, 0.15) is 0 Å². The van der Waals surface area contributed by atoms with Gasteiger partial charge in [-0.05, 0) is 28.3 Å². The van der Waals surface area contributed by atoms with Crippen LogP contribution in [0, 0.1) is 0 Å². The Labute approximate surface area is 112 Å². The Bertz CT molecular complexity index is 503. The lowest BCUT2D eigenvalue weighted by Crippen LogP contribution is -1.96. The second kappa shape index (κ2) is 5.64. The largest absolute Gasteiger partial charge is 0.339 e. The van der Waals surface area contributed by atoms with Gasteiger partial charge in [0.2, 0.25) is 11.7 Å². The molecule has 2 aromatic heterocycles. The average Bonchev–Trinajstić information content (AvgIpc) is 2.79. The normalized spacial score (nSPS) is 12.6. The van der Waals surface area contributed by atoms with Gasteiger partial charge in [-0.3, -0.25) is 4.98 Å². The second-order valence-electron chi connectivity index (χ2n) is 3.67. The first kappa shape index (κ1) is 12.6. The van der Waals surface area contributed by atoms with E-state index in [0.717, 1.165) is 15.8 Å². The molecule has 17 heavy (non-hydrogen) atoms. The predicted molar refractivity (Wildman–Crippen MR) is 72.0 cm³/mol. The molecule has 2 heterocycles. The Morgan fingerprint density at radius 1 is 1.53 bits per heavy atom. The number of hydrogen-bond acceptors (Lipinski definition) is 5. The second-order valence-corrected chi connectivity index (χ2v) is 5.43. The molecule has 90 valence electrons. The summed E-state index contributed by atoms with van der Waals surface area (Å²) in [5, 5.41) is 4.00. The zero-order chi connectivity index (χ0) is 12.3. The molecule has 0 aromatic carbocycles. The fraction of sp³-hybridized carbons (Fsp3) is 0.364. The number of nitrogens with zero attached hydrogens (tertiary/aromatic N) is 3. The highest BCUT2D eigenvalue weighted by Gasteiger charge is 2.16.